The highest BCUT2D eigenvalue weighted by molar-refractivity contribution is 6.31. The number of piperidine rings is 1. The second-order valence-electron chi connectivity index (χ2n) is 8.23. The average molecular weight is 398 g/mol. The lowest BCUT2D eigenvalue weighted by Gasteiger charge is -2.50. The van der Waals surface area contributed by atoms with Crippen LogP contribution < -0.4 is 4.74 Å². The third-order valence-electron chi connectivity index (χ3n) is 6.72. The van der Waals surface area contributed by atoms with Crippen molar-refractivity contribution in [3.63, 3.8) is 0 Å². The quantitative estimate of drug-likeness (QED) is 0.718. The predicted molar refractivity (Wildman–Crippen MR) is 113 cm³/mol. The summed E-state index contributed by atoms with van der Waals surface area (Å²) in [5.74, 6) is 1.80. The summed E-state index contributed by atoms with van der Waals surface area (Å²) in [6.45, 7) is 3.09. The van der Waals surface area contributed by atoms with E-state index in [0.717, 1.165) is 56.1 Å². The first-order chi connectivity index (χ1) is 13.6. The van der Waals surface area contributed by atoms with Crippen molar-refractivity contribution in [1.82, 2.24) is 4.90 Å². The third-order valence-corrected chi connectivity index (χ3v) is 7.09. The molecule has 0 N–H and O–H groups in total. The van der Waals surface area contributed by atoms with Crippen molar-refractivity contribution in [3.8, 4) is 5.75 Å². The van der Waals surface area contributed by atoms with Gasteiger partial charge in [0.25, 0.3) is 0 Å². The van der Waals surface area contributed by atoms with E-state index in [-0.39, 0.29) is 5.41 Å². The number of rotatable bonds is 5. The minimum Gasteiger partial charge on any atom is -0.497 e. The molecule has 1 heterocycles. The topological polar surface area (TPSA) is 29.5 Å². The molecule has 0 radical (unpaired) electrons. The number of carbonyl (C=O) groups is 1. The first-order valence-corrected chi connectivity index (χ1v) is 10.6. The van der Waals surface area contributed by atoms with Gasteiger partial charge in [0, 0.05) is 36.4 Å². The Bertz CT molecular complexity index is 852. The normalized spacial score (nSPS) is 25.4. The van der Waals surface area contributed by atoms with Gasteiger partial charge < -0.3 is 9.64 Å². The van der Waals surface area contributed by atoms with Crippen LogP contribution in [0.4, 0.5) is 0 Å². The van der Waals surface area contributed by atoms with Crippen molar-refractivity contribution in [2.24, 2.45) is 5.92 Å². The van der Waals surface area contributed by atoms with Crippen molar-refractivity contribution in [1.29, 1.82) is 0 Å². The van der Waals surface area contributed by atoms with E-state index in [0.29, 0.717) is 18.1 Å². The Balaban J connectivity index is 1.51. The van der Waals surface area contributed by atoms with E-state index < -0.39 is 0 Å². The van der Waals surface area contributed by atoms with Gasteiger partial charge in [0.2, 0.25) is 0 Å². The van der Waals surface area contributed by atoms with Gasteiger partial charge in [-0.2, -0.15) is 0 Å². The number of benzene rings is 2. The van der Waals surface area contributed by atoms with Gasteiger partial charge in [-0.3, -0.25) is 4.79 Å². The van der Waals surface area contributed by atoms with Gasteiger partial charge in [0.05, 0.1) is 7.11 Å². The van der Waals surface area contributed by atoms with Gasteiger partial charge in [-0.25, -0.2) is 0 Å². The molecule has 28 heavy (non-hydrogen) atoms. The summed E-state index contributed by atoms with van der Waals surface area (Å²) in [6.07, 6.45) is 4.37. The largest absolute Gasteiger partial charge is 0.497 e. The summed E-state index contributed by atoms with van der Waals surface area (Å²) in [4.78, 5) is 15.0. The van der Waals surface area contributed by atoms with Gasteiger partial charge in [0.15, 0.2) is 0 Å². The van der Waals surface area contributed by atoms with E-state index in [2.05, 4.69) is 35.2 Å². The maximum Gasteiger partial charge on any atom is 0.133 e. The molecular formula is C24H28ClNO2. The van der Waals surface area contributed by atoms with Crippen LogP contribution in [0.25, 0.3) is 0 Å². The predicted octanol–water partition coefficient (Wildman–Crippen LogP) is 4.90. The van der Waals surface area contributed by atoms with Gasteiger partial charge >= 0.3 is 0 Å². The highest BCUT2D eigenvalue weighted by atomic mass is 35.5. The number of hydrogen-bond donors (Lipinski definition) is 0. The van der Waals surface area contributed by atoms with Crippen LogP contribution in [0, 0.1) is 5.92 Å². The van der Waals surface area contributed by atoms with Gasteiger partial charge in [-0.15, -0.1) is 0 Å². The fourth-order valence-corrected chi connectivity index (χ4v) is 5.34. The second kappa shape index (κ2) is 8.26. The molecule has 2 aromatic rings. The Morgan fingerprint density at radius 1 is 1.21 bits per heavy atom. The SMILES string of the molecule is COc1cccc([C@@]23CCN(CCc4ccccc4Cl)C[C@@H]2CCC(=O)C3)c1. The number of halogens is 1. The van der Waals surface area contributed by atoms with Crippen LogP contribution in [-0.2, 0) is 16.6 Å². The van der Waals surface area contributed by atoms with Crippen LogP contribution in [0.5, 0.6) is 5.75 Å². The Labute approximate surface area is 172 Å². The molecule has 1 aliphatic heterocycles. The summed E-state index contributed by atoms with van der Waals surface area (Å²) in [5, 5.41) is 0.855. The second-order valence-corrected chi connectivity index (χ2v) is 8.64. The Morgan fingerprint density at radius 2 is 2.07 bits per heavy atom. The van der Waals surface area contributed by atoms with Crippen LogP contribution in [0.15, 0.2) is 48.5 Å². The van der Waals surface area contributed by atoms with E-state index in [1.165, 1.54) is 11.1 Å². The van der Waals surface area contributed by atoms with E-state index in [4.69, 9.17) is 16.3 Å². The smallest absolute Gasteiger partial charge is 0.133 e. The molecule has 4 rings (SSSR count). The lowest BCUT2D eigenvalue weighted by Crippen LogP contribution is -2.53. The first kappa shape index (κ1) is 19.5. The minimum absolute atomic E-state index is 0.0369. The van der Waals surface area contributed by atoms with E-state index in [9.17, 15) is 4.79 Å². The highest BCUT2D eigenvalue weighted by Gasteiger charge is 2.47. The molecule has 1 aliphatic carbocycles. The molecule has 1 saturated heterocycles. The molecule has 0 bridgehead atoms. The zero-order valence-corrected chi connectivity index (χ0v) is 17.3. The average Bonchev–Trinajstić information content (AvgIpc) is 2.73. The molecule has 0 aromatic heterocycles. The van der Waals surface area contributed by atoms with Crippen LogP contribution in [0.2, 0.25) is 5.02 Å². The number of Topliss-reactive ketones (excluding diaryl/α,β-unsaturated/α-hetero) is 1. The third kappa shape index (κ3) is 3.83. The number of ether oxygens (including phenoxy) is 1. The number of hydrogen-bond acceptors (Lipinski definition) is 3. The number of methoxy groups -OCH3 is 1. The summed E-state index contributed by atoms with van der Waals surface area (Å²) in [6, 6.07) is 16.5. The number of ketones is 1. The number of fused-ring (bicyclic) bond motifs is 1. The Morgan fingerprint density at radius 3 is 2.89 bits per heavy atom. The van der Waals surface area contributed by atoms with Crippen LogP contribution >= 0.6 is 11.6 Å². The van der Waals surface area contributed by atoms with Gasteiger partial charge in [-0.05, 0) is 61.1 Å². The summed E-state index contributed by atoms with van der Waals surface area (Å²) in [7, 11) is 1.71. The lowest BCUT2D eigenvalue weighted by atomic mass is 9.59. The van der Waals surface area contributed by atoms with E-state index in [1.807, 2.05) is 18.2 Å². The van der Waals surface area contributed by atoms with E-state index in [1.54, 1.807) is 7.11 Å². The first-order valence-electron chi connectivity index (χ1n) is 10.2. The van der Waals surface area contributed by atoms with Crippen LogP contribution in [0.3, 0.4) is 0 Å². The van der Waals surface area contributed by atoms with Gasteiger partial charge in [0.1, 0.15) is 11.5 Å². The molecule has 2 fully saturated rings. The zero-order valence-electron chi connectivity index (χ0n) is 16.5. The maximum atomic E-state index is 12.4. The fraction of sp³-hybridized carbons (Fsp3) is 0.458. The number of carbonyl (C=O) groups excluding carboxylic acids is 1. The van der Waals surface area contributed by atoms with Gasteiger partial charge in [-0.1, -0.05) is 41.9 Å². The summed E-state index contributed by atoms with van der Waals surface area (Å²) < 4.78 is 5.46. The Hall–Kier alpha value is -1.84. The molecule has 3 nitrogen and oxygen atoms in total. The van der Waals surface area contributed by atoms with E-state index >= 15 is 0 Å². The van der Waals surface area contributed by atoms with Crippen LogP contribution in [-0.4, -0.2) is 37.4 Å². The summed E-state index contributed by atoms with van der Waals surface area (Å²) in [5.41, 5.74) is 2.45. The molecule has 4 heteroatoms. The molecular weight excluding hydrogens is 370 g/mol. The van der Waals surface area contributed by atoms with Crippen molar-refractivity contribution in [2.45, 2.75) is 37.5 Å². The van der Waals surface area contributed by atoms with Crippen molar-refractivity contribution in [3.05, 3.63) is 64.7 Å². The molecule has 1 saturated carbocycles. The molecule has 2 atom stereocenters. The Kier molecular flexibility index (Phi) is 5.75. The lowest BCUT2D eigenvalue weighted by molar-refractivity contribution is -0.125. The van der Waals surface area contributed by atoms with Crippen molar-refractivity contribution < 1.29 is 9.53 Å². The standard InChI is InChI=1S/C24H28ClNO2/c1-28-22-7-4-6-19(15-22)24-12-14-26(17-20(24)9-10-21(27)16-24)13-11-18-5-2-3-8-23(18)25/h2-8,15,20H,9-14,16-17H2,1H3/t20-,24-/m0/s1. The summed E-state index contributed by atoms with van der Waals surface area (Å²) >= 11 is 6.33. The monoisotopic (exact) mass is 397 g/mol. The molecule has 2 aromatic carbocycles. The zero-order chi connectivity index (χ0) is 19.6. The van der Waals surface area contributed by atoms with Crippen molar-refractivity contribution >= 4 is 17.4 Å². The number of likely N-dealkylation sites (tertiary alicyclic amines) is 1. The van der Waals surface area contributed by atoms with Crippen LogP contribution in [0.1, 0.15) is 36.8 Å². The molecule has 148 valence electrons. The molecule has 0 spiro atoms. The fourth-order valence-electron chi connectivity index (χ4n) is 5.11. The highest BCUT2D eigenvalue weighted by Crippen LogP contribution is 2.48. The van der Waals surface area contributed by atoms with Crippen molar-refractivity contribution in [2.75, 3.05) is 26.7 Å². The molecule has 0 unspecified atom stereocenters. The maximum absolute atomic E-state index is 12.4. The molecule has 0 amide bonds. The number of nitrogens with zero attached hydrogens (tertiary/aromatic N) is 1. The minimum atomic E-state index is -0.0369. The molecule has 2 aliphatic rings.